The van der Waals surface area contributed by atoms with E-state index in [1.165, 1.54) is 6.20 Å². The molecule has 0 aromatic carbocycles. The second-order valence-corrected chi connectivity index (χ2v) is 3.79. The Labute approximate surface area is 102 Å². The predicted octanol–water partition coefficient (Wildman–Crippen LogP) is -0.287. The van der Waals surface area contributed by atoms with Crippen LogP contribution in [0.25, 0.3) is 0 Å². The Morgan fingerprint density at radius 3 is 2.56 bits per heavy atom. The molecule has 0 spiro atoms. The van der Waals surface area contributed by atoms with Crippen molar-refractivity contribution >= 4 is 17.8 Å². The number of ketones is 1. The average Bonchev–Trinajstić information content (AvgIpc) is 2.74. The van der Waals surface area contributed by atoms with Crippen molar-refractivity contribution in [3.8, 4) is 0 Å². The quantitative estimate of drug-likeness (QED) is 0.594. The molecule has 0 radical (unpaired) electrons. The molecule has 0 aliphatic carbocycles. The van der Waals surface area contributed by atoms with Gasteiger partial charge in [-0.3, -0.25) is 4.79 Å². The van der Waals surface area contributed by atoms with E-state index in [1.54, 1.807) is 0 Å². The summed E-state index contributed by atoms with van der Waals surface area (Å²) < 4.78 is 0.893. The maximum atomic E-state index is 10.8. The molecule has 0 saturated heterocycles. The van der Waals surface area contributed by atoms with E-state index >= 15 is 0 Å². The fraction of sp³-hybridized carbons (Fsp3) is 0.400. The van der Waals surface area contributed by atoms with Crippen molar-refractivity contribution in [1.29, 1.82) is 0 Å². The van der Waals surface area contributed by atoms with Crippen molar-refractivity contribution in [3.63, 3.8) is 0 Å². The van der Waals surface area contributed by atoms with Gasteiger partial charge in [0.25, 0.3) is 0 Å². The Hall–Kier alpha value is -2.22. The van der Waals surface area contributed by atoms with E-state index in [1.807, 2.05) is 0 Å². The zero-order valence-electron chi connectivity index (χ0n) is 9.44. The highest BCUT2D eigenvalue weighted by Gasteiger charge is 2.14. The largest absolute Gasteiger partial charge is 0.476 e. The monoisotopic (exact) mass is 255 g/mol. The van der Waals surface area contributed by atoms with Crippen LogP contribution in [0, 0.1) is 0 Å². The van der Waals surface area contributed by atoms with Crippen molar-refractivity contribution < 1.29 is 24.6 Å². The summed E-state index contributed by atoms with van der Waals surface area (Å²) in [5.41, 5.74) is 6.18. The van der Waals surface area contributed by atoms with Crippen LogP contribution in [0.2, 0.25) is 0 Å². The van der Waals surface area contributed by atoms with Crippen LogP contribution in [0.3, 0.4) is 0 Å². The number of aliphatic carboxylic acids is 1. The average molecular weight is 255 g/mol. The fourth-order valence-corrected chi connectivity index (χ4v) is 1.37. The highest BCUT2D eigenvalue weighted by Crippen LogP contribution is 2.04. The number of nitrogens with two attached hydrogens (primary N) is 1. The molecule has 0 amide bonds. The fourth-order valence-electron chi connectivity index (χ4n) is 1.37. The Morgan fingerprint density at radius 1 is 1.39 bits per heavy atom. The van der Waals surface area contributed by atoms with E-state index in [9.17, 15) is 14.4 Å². The van der Waals surface area contributed by atoms with Crippen molar-refractivity contribution in [3.05, 3.63) is 18.2 Å². The summed E-state index contributed by atoms with van der Waals surface area (Å²) in [6.07, 6.45) is 1.67. The second kappa shape index (κ2) is 5.92. The molecule has 0 bridgehead atoms. The number of carbonyl (C=O) groups excluding carboxylic acids is 1. The number of carbonyl (C=O) groups is 3. The number of carboxylic acid groups (broad SMARTS) is 2. The summed E-state index contributed by atoms with van der Waals surface area (Å²) in [7, 11) is 0. The maximum absolute atomic E-state index is 10.8. The first kappa shape index (κ1) is 13.8. The smallest absolute Gasteiger partial charge is 0.416 e. The van der Waals surface area contributed by atoms with Gasteiger partial charge in [0.05, 0.1) is 5.69 Å². The van der Waals surface area contributed by atoms with Gasteiger partial charge in [-0.15, -0.1) is 0 Å². The number of rotatable bonds is 6. The van der Waals surface area contributed by atoms with Crippen LogP contribution in [-0.2, 0) is 16.0 Å². The van der Waals surface area contributed by atoms with Crippen LogP contribution in [0.1, 0.15) is 18.5 Å². The molecule has 0 aliphatic heterocycles. The normalized spacial score (nSPS) is 12.1. The lowest BCUT2D eigenvalue weighted by molar-refractivity contribution is -0.149. The lowest BCUT2D eigenvalue weighted by Crippen LogP contribution is -2.25. The van der Waals surface area contributed by atoms with Gasteiger partial charge < -0.3 is 15.9 Å². The molecule has 0 fully saturated rings. The van der Waals surface area contributed by atoms with Gasteiger partial charge in [-0.2, -0.15) is 0 Å². The van der Waals surface area contributed by atoms with Gasteiger partial charge in [-0.25, -0.2) is 19.1 Å². The van der Waals surface area contributed by atoms with E-state index in [4.69, 9.17) is 15.9 Å². The number of imidazole rings is 1. The molecule has 4 N–H and O–H groups in total. The number of aromatic nitrogens is 2. The predicted molar refractivity (Wildman–Crippen MR) is 59.2 cm³/mol. The molecular weight excluding hydrogens is 242 g/mol. The van der Waals surface area contributed by atoms with Crippen molar-refractivity contribution in [2.75, 3.05) is 0 Å². The SMILES string of the molecule is N[C@H](CCC(=O)C(=O)O)Cc1cn(C(=O)O)cn1. The summed E-state index contributed by atoms with van der Waals surface area (Å²) in [4.78, 5) is 35.5. The third kappa shape index (κ3) is 3.98. The lowest BCUT2D eigenvalue weighted by Gasteiger charge is -2.07. The van der Waals surface area contributed by atoms with Gasteiger partial charge in [-0.1, -0.05) is 0 Å². The molecule has 8 nitrogen and oxygen atoms in total. The van der Waals surface area contributed by atoms with Crippen molar-refractivity contribution in [2.24, 2.45) is 5.73 Å². The molecule has 8 heteroatoms. The van der Waals surface area contributed by atoms with E-state index in [0.29, 0.717) is 5.69 Å². The summed E-state index contributed by atoms with van der Waals surface area (Å²) in [6, 6.07) is -0.439. The molecule has 1 aromatic heterocycles. The first-order valence-corrected chi connectivity index (χ1v) is 5.18. The summed E-state index contributed by atoms with van der Waals surface area (Å²) in [6.45, 7) is 0. The molecule has 0 aliphatic rings. The minimum Gasteiger partial charge on any atom is -0.476 e. The molecule has 18 heavy (non-hydrogen) atoms. The Kier molecular flexibility index (Phi) is 4.55. The summed E-state index contributed by atoms with van der Waals surface area (Å²) in [5, 5.41) is 17.0. The molecule has 0 saturated carbocycles. The third-order valence-corrected chi connectivity index (χ3v) is 2.31. The van der Waals surface area contributed by atoms with Crippen LogP contribution in [0.15, 0.2) is 12.5 Å². The number of hydrogen-bond donors (Lipinski definition) is 3. The van der Waals surface area contributed by atoms with Crippen molar-refractivity contribution in [1.82, 2.24) is 9.55 Å². The van der Waals surface area contributed by atoms with E-state index in [0.717, 1.165) is 10.9 Å². The summed E-state index contributed by atoms with van der Waals surface area (Å²) in [5.74, 6) is -2.36. The van der Waals surface area contributed by atoms with Gasteiger partial charge in [0.2, 0.25) is 5.78 Å². The molecule has 1 heterocycles. The second-order valence-electron chi connectivity index (χ2n) is 3.79. The topological polar surface area (TPSA) is 136 Å². The number of nitrogens with zero attached hydrogens (tertiary/aromatic N) is 2. The van der Waals surface area contributed by atoms with E-state index in [2.05, 4.69) is 4.98 Å². The highest BCUT2D eigenvalue weighted by atomic mass is 16.4. The number of hydrogen-bond acceptors (Lipinski definition) is 5. The van der Waals surface area contributed by atoms with Crippen LogP contribution >= 0.6 is 0 Å². The van der Waals surface area contributed by atoms with Crippen LogP contribution in [0.5, 0.6) is 0 Å². The van der Waals surface area contributed by atoms with E-state index in [-0.39, 0.29) is 19.3 Å². The highest BCUT2D eigenvalue weighted by molar-refractivity contribution is 6.32. The molecule has 1 rings (SSSR count). The Balaban J connectivity index is 2.44. The van der Waals surface area contributed by atoms with Crippen LogP contribution in [-0.4, -0.2) is 43.7 Å². The van der Waals surface area contributed by atoms with Crippen LogP contribution < -0.4 is 5.73 Å². The van der Waals surface area contributed by atoms with Gasteiger partial charge in [0, 0.05) is 25.1 Å². The third-order valence-electron chi connectivity index (χ3n) is 2.31. The first-order valence-electron chi connectivity index (χ1n) is 5.18. The zero-order chi connectivity index (χ0) is 13.7. The standard InChI is InChI=1S/C10H13N3O5/c11-6(1-2-8(14)9(15)16)3-7-4-13(5-12-7)10(17)18/h4-6H,1-3,11H2,(H,15,16)(H,17,18)/t6-/m1/s1. The van der Waals surface area contributed by atoms with Gasteiger partial charge in [-0.05, 0) is 6.42 Å². The Morgan fingerprint density at radius 2 is 2.06 bits per heavy atom. The zero-order valence-corrected chi connectivity index (χ0v) is 9.44. The minimum absolute atomic E-state index is 0.143. The van der Waals surface area contributed by atoms with E-state index < -0.39 is 23.9 Å². The number of Topliss-reactive ketones (excluding diaryl/α,β-unsaturated/α-hetero) is 1. The summed E-state index contributed by atoms with van der Waals surface area (Å²) >= 11 is 0. The molecule has 0 unspecified atom stereocenters. The molecule has 1 aromatic rings. The molecule has 98 valence electrons. The van der Waals surface area contributed by atoms with Gasteiger partial charge >= 0.3 is 12.1 Å². The first-order chi connectivity index (χ1) is 8.40. The molecule has 1 atom stereocenters. The van der Waals surface area contributed by atoms with Gasteiger partial charge in [0.1, 0.15) is 6.33 Å². The lowest BCUT2D eigenvalue weighted by atomic mass is 10.1. The number of carboxylic acids is 1. The van der Waals surface area contributed by atoms with Crippen LogP contribution in [0.4, 0.5) is 4.79 Å². The minimum atomic E-state index is -1.47. The van der Waals surface area contributed by atoms with Crippen molar-refractivity contribution in [2.45, 2.75) is 25.3 Å². The maximum Gasteiger partial charge on any atom is 0.416 e. The Bertz CT molecular complexity index is 468. The van der Waals surface area contributed by atoms with Gasteiger partial charge in [0.15, 0.2) is 0 Å². The molecular formula is C10H13N3O5.